The SMILES string of the molecule is CCC/C=C\C/C=C\CCCCCCCC(=O)NC(COC1OC(CO)C(OC2OC(CO)C(O)C(O)C2O)C(O)C1O)C(O)CCCCCCCCCCCCCC. The van der Waals surface area contributed by atoms with Gasteiger partial charge in [-0.1, -0.05) is 141 Å². The Bertz CT molecular complexity index is 1090. The number of ether oxygens (including phenoxy) is 4. The molecule has 2 fully saturated rings. The first kappa shape index (κ1) is 53.6. The van der Waals surface area contributed by atoms with Crippen LogP contribution in [0.15, 0.2) is 24.3 Å². The van der Waals surface area contributed by atoms with Crippen molar-refractivity contribution >= 4 is 5.91 Å². The van der Waals surface area contributed by atoms with Gasteiger partial charge in [-0.2, -0.15) is 0 Å². The molecule has 346 valence electrons. The smallest absolute Gasteiger partial charge is 0.220 e. The predicted molar refractivity (Wildman–Crippen MR) is 226 cm³/mol. The van der Waals surface area contributed by atoms with E-state index in [9.17, 15) is 45.6 Å². The monoisotopic (exact) mass is 846 g/mol. The summed E-state index contributed by atoms with van der Waals surface area (Å²) in [6.45, 7) is 2.74. The standard InChI is InChI=1S/C45H83NO13/c1-3-5-7-9-11-13-15-17-19-21-23-25-27-29-37(50)46-33(34(49)28-26-24-22-20-18-16-14-12-10-8-6-4-2)32-56-44-42(55)40(53)43(36(31-48)58-44)59-45-41(54)39(52)38(51)35(30-47)57-45/h7,9,13,15,33-36,38-45,47-49,51-55H,3-6,8,10-12,14,16-32H2,1-2H3,(H,46,50)/b9-7-,15-13-. The topological polar surface area (TPSA) is 228 Å². The molecule has 0 aromatic carbocycles. The maximum absolute atomic E-state index is 13.1. The molecule has 59 heavy (non-hydrogen) atoms. The number of carbonyl (C=O) groups is 1. The molecule has 0 spiro atoms. The second kappa shape index (κ2) is 33.1. The third-order valence-corrected chi connectivity index (χ3v) is 11.4. The van der Waals surface area contributed by atoms with E-state index in [4.69, 9.17) is 18.9 Å². The van der Waals surface area contributed by atoms with E-state index >= 15 is 0 Å². The molecule has 12 unspecified atom stereocenters. The first-order chi connectivity index (χ1) is 28.6. The van der Waals surface area contributed by atoms with Gasteiger partial charge in [-0.05, 0) is 38.5 Å². The summed E-state index contributed by atoms with van der Waals surface area (Å²) in [6.07, 6.45) is 16.1. The minimum Gasteiger partial charge on any atom is -0.394 e. The molecule has 1 amide bonds. The van der Waals surface area contributed by atoms with E-state index in [1.165, 1.54) is 51.4 Å². The quantitative estimate of drug-likeness (QED) is 0.0319. The molecule has 0 bridgehead atoms. The maximum Gasteiger partial charge on any atom is 0.220 e. The van der Waals surface area contributed by atoms with Crippen molar-refractivity contribution in [2.75, 3.05) is 19.8 Å². The van der Waals surface area contributed by atoms with Crippen molar-refractivity contribution in [3.63, 3.8) is 0 Å². The number of allylic oxidation sites excluding steroid dienone is 4. The van der Waals surface area contributed by atoms with Crippen LogP contribution in [-0.2, 0) is 23.7 Å². The number of rotatable bonds is 34. The number of hydrogen-bond acceptors (Lipinski definition) is 13. The normalized spacial score (nSPS) is 28.7. The molecule has 0 saturated carbocycles. The summed E-state index contributed by atoms with van der Waals surface area (Å²) in [4.78, 5) is 13.1. The molecule has 0 aromatic heterocycles. The fourth-order valence-electron chi connectivity index (χ4n) is 7.57. The number of amides is 1. The van der Waals surface area contributed by atoms with Gasteiger partial charge in [-0.15, -0.1) is 0 Å². The molecule has 14 nitrogen and oxygen atoms in total. The number of carbonyl (C=O) groups excluding carboxylic acids is 1. The molecule has 9 N–H and O–H groups in total. The lowest BCUT2D eigenvalue weighted by molar-refractivity contribution is -0.359. The molecular formula is C45H83NO13. The number of aliphatic hydroxyl groups excluding tert-OH is 8. The van der Waals surface area contributed by atoms with E-state index in [1.54, 1.807) is 0 Å². The zero-order valence-electron chi connectivity index (χ0n) is 36.2. The third kappa shape index (κ3) is 21.4. The summed E-state index contributed by atoms with van der Waals surface area (Å²) in [6, 6.07) is -0.831. The summed E-state index contributed by atoms with van der Waals surface area (Å²) < 4.78 is 22.7. The maximum atomic E-state index is 13.1. The van der Waals surface area contributed by atoms with Gasteiger partial charge in [0.15, 0.2) is 12.6 Å². The first-order valence-electron chi connectivity index (χ1n) is 23.1. The van der Waals surface area contributed by atoms with Crippen LogP contribution in [0.3, 0.4) is 0 Å². The number of hydrogen-bond donors (Lipinski definition) is 9. The van der Waals surface area contributed by atoms with Crippen LogP contribution in [0, 0.1) is 0 Å². The van der Waals surface area contributed by atoms with Crippen molar-refractivity contribution < 1.29 is 64.6 Å². The third-order valence-electron chi connectivity index (χ3n) is 11.4. The van der Waals surface area contributed by atoms with Gasteiger partial charge in [0.1, 0.15) is 48.8 Å². The van der Waals surface area contributed by atoms with Crippen LogP contribution < -0.4 is 5.32 Å². The summed E-state index contributed by atoms with van der Waals surface area (Å²) in [5.41, 5.74) is 0. The summed E-state index contributed by atoms with van der Waals surface area (Å²) in [5.74, 6) is -0.224. The number of unbranched alkanes of at least 4 members (excludes halogenated alkanes) is 17. The molecule has 2 rings (SSSR count). The second-order valence-corrected chi connectivity index (χ2v) is 16.5. The van der Waals surface area contributed by atoms with Crippen molar-refractivity contribution in [1.82, 2.24) is 5.32 Å². The zero-order chi connectivity index (χ0) is 43.3. The van der Waals surface area contributed by atoms with Crippen LogP contribution >= 0.6 is 0 Å². The molecule has 0 radical (unpaired) electrons. The van der Waals surface area contributed by atoms with Gasteiger partial charge in [0.25, 0.3) is 0 Å². The lowest BCUT2D eigenvalue weighted by atomic mass is 9.97. The Morgan fingerprint density at radius 3 is 1.76 bits per heavy atom. The number of aliphatic hydroxyl groups is 8. The number of nitrogens with one attached hydrogen (secondary N) is 1. The van der Waals surface area contributed by atoms with Crippen molar-refractivity contribution in [3.8, 4) is 0 Å². The highest BCUT2D eigenvalue weighted by molar-refractivity contribution is 5.76. The Hall–Kier alpha value is -1.53. The Morgan fingerprint density at radius 1 is 0.610 bits per heavy atom. The molecule has 2 heterocycles. The lowest BCUT2D eigenvalue weighted by Crippen LogP contribution is -2.65. The van der Waals surface area contributed by atoms with Gasteiger partial charge < -0.3 is 65.1 Å². The Morgan fingerprint density at radius 2 is 1.15 bits per heavy atom. The highest BCUT2D eigenvalue weighted by atomic mass is 16.7. The molecule has 2 saturated heterocycles. The fourth-order valence-corrected chi connectivity index (χ4v) is 7.57. The van der Waals surface area contributed by atoms with Gasteiger partial charge in [0.2, 0.25) is 5.91 Å². The molecule has 0 aromatic rings. The highest BCUT2D eigenvalue weighted by Crippen LogP contribution is 2.30. The van der Waals surface area contributed by atoms with Crippen LogP contribution in [0.2, 0.25) is 0 Å². The van der Waals surface area contributed by atoms with Crippen LogP contribution in [0.25, 0.3) is 0 Å². The molecule has 14 heteroatoms. The van der Waals surface area contributed by atoms with Crippen LogP contribution in [-0.4, -0.2) is 140 Å². The summed E-state index contributed by atoms with van der Waals surface area (Å²) in [5, 5.41) is 86.6. The average molecular weight is 846 g/mol. The van der Waals surface area contributed by atoms with Crippen molar-refractivity contribution in [3.05, 3.63) is 24.3 Å². The summed E-state index contributed by atoms with van der Waals surface area (Å²) in [7, 11) is 0. The average Bonchev–Trinajstić information content (AvgIpc) is 3.23. The van der Waals surface area contributed by atoms with Gasteiger partial charge in [0.05, 0.1) is 32.0 Å². The predicted octanol–water partition coefficient (Wildman–Crippen LogP) is 4.60. The van der Waals surface area contributed by atoms with Gasteiger partial charge in [0, 0.05) is 6.42 Å². The van der Waals surface area contributed by atoms with Gasteiger partial charge in [-0.25, -0.2) is 0 Å². The van der Waals surface area contributed by atoms with Crippen LogP contribution in [0.1, 0.15) is 162 Å². The van der Waals surface area contributed by atoms with Crippen molar-refractivity contribution in [1.29, 1.82) is 0 Å². The molecule has 12 atom stereocenters. The van der Waals surface area contributed by atoms with E-state index in [0.29, 0.717) is 12.8 Å². The van der Waals surface area contributed by atoms with Gasteiger partial charge >= 0.3 is 0 Å². The Balaban J connectivity index is 1.89. The molecule has 0 aliphatic carbocycles. The minimum absolute atomic E-state index is 0.224. The largest absolute Gasteiger partial charge is 0.394 e. The van der Waals surface area contributed by atoms with E-state index in [2.05, 4.69) is 43.5 Å². The molecule has 2 aliphatic heterocycles. The Kier molecular flexibility index (Phi) is 30.1. The highest BCUT2D eigenvalue weighted by Gasteiger charge is 2.51. The fraction of sp³-hybridized carbons (Fsp3) is 0.889. The van der Waals surface area contributed by atoms with E-state index in [0.717, 1.165) is 77.0 Å². The molecule has 2 aliphatic rings. The van der Waals surface area contributed by atoms with Crippen LogP contribution in [0.5, 0.6) is 0 Å². The van der Waals surface area contributed by atoms with E-state index < -0.39 is 86.8 Å². The van der Waals surface area contributed by atoms with E-state index in [-0.39, 0.29) is 18.9 Å². The second-order valence-electron chi connectivity index (χ2n) is 16.5. The van der Waals surface area contributed by atoms with Crippen molar-refractivity contribution in [2.24, 2.45) is 0 Å². The van der Waals surface area contributed by atoms with Gasteiger partial charge in [-0.3, -0.25) is 4.79 Å². The Labute approximate surface area is 354 Å². The van der Waals surface area contributed by atoms with Crippen molar-refractivity contribution in [2.45, 2.75) is 235 Å². The van der Waals surface area contributed by atoms with E-state index in [1.807, 2.05) is 0 Å². The zero-order valence-corrected chi connectivity index (χ0v) is 36.2. The molecular weight excluding hydrogens is 762 g/mol. The summed E-state index contributed by atoms with van der Waals surface area (Å²) >= 11 is 0. The minimum atomic E-state index is -1.78. The van der Waals surface area contributed by atoms with Crippen LogP contribution in [0.4, 0.5) is 0 Å². The lowest BCUT2D eigenvalue weighted by Gasteiger charge is -2.46. The first-order valence-corrected chi connectivity index (χ1v) is 23.1.